The minimum Gasteiger partial charge on any atom is -0.481 e. The Labute approximate surface area is 98.4 Å². The molecule has 0 aromatic carbocycles. The lowest BCUT2D eigenvalue weighted by molar-refractivity contribution is -0.144. The van der Waals surface area contributed by atoms with E-state index >= 15 is 0 Å². The Kier molecular flexibility index (Phi) is 3.27. The second-order valence-electron chi connectivity index (χ2n) is 6.31. The zero-order chi connectivity index (χ0) is 11.8. The van der Waals surface area contributed by atoms with Crippen LogP contribution in [0, 0.1) is 23.2 Å². The Bertz CT molecular complexity index is 258. The molecule has 0 aromatic heterocycles. The van der Waals surface area contributed by atoms with E-state index in [4.69, 9.17) is 0 Å². The van der Waals surface area contributed by atoms with Gasteiger partial charge in [-0.05, 0) is 49.9 Å². The van der Waals surface area contributed by atoms with Gasteiger partial charge in [0.2, 0.25) is 0 Å². The molecule has 0 bridgehead atoms. The average Bonchev–Trinajstić information content (AvgIpc) is 3.00. The summed E-state index contributed by atoms with van der Waals surface area (Å²) >= 11 is 0. The number of carboxylic acids is 1. The van der Waals surface area contributed by atoms with Gasteiger partial charge >= 0.3 is 5.97 Å². The normalized spacial score (nSPS) is 32.7. The van der Waals surface area contributed by atoms with E-state index in [0.29, 0.717) is 5.92 Å². The molecule has 2 aliphatic rings. The molecule has 2 aliphatic carbocycles. The van der Waals surface area contributed by atoms with Crippen LogP contribution in [0.5, 0.6) is 0 Å². The van der Waals surface area contributed by atoms with Crippen molar-refractivity contribution in [1.82, 2.24) is 0 Å². The number of hydrogen-bond acceptors (Lipinski definition) is 1. The molecule has 2 rings (SSSR count). The zero-order valence-corrected chi connectivity index (χ0v) is 10.5. The van der Waals surface area contributed by atoms with Crippen molar-refractivity contribution in [2.75, 3.05) is 0 Å². The number of rotatable bonds is 4. The molecule has 2 nitrogen and oxygen atoms in total. The number of carboxylic acid groups (broad SMARTS) is 1. The third-order valence-corrected chi connectivity index (χ3v) is 4.82. The number of aliphatic carboxylic acids is 1. The molecule has 16 heavy (non-hydrogen) atoms. The molecule has 0 aromatic rings. The minimum atomic E-state index is -0.543. The summed E-state index contributed by atoms with van der Waals surface area (Å²) in [4.78, 5) is 11.1. The van der Waals surface area contributed by atoms with Crippen LogP contribution in [0.3, 0.4) is 0 Å². The largest absolute Gasteiger partial charge is 0.481 e. The monoisotopic (exact) mass is 224 g/mol. The maximum Gasteiger partial charge on any atom is 0.309 e. The SMILES string of the molecule is CC(C)C1CCC(CC2(C(=O)O)CC2)CC1. The standard InChI is InChI=1S/C14H24O2/c1-10(2)12-5-3-11(4-6-12)9-14(7-8-14)13(15)16/h10-12H,3-9H2,1-2H3,(H,15,16). The first-order valence-corrected chi connectivity index (χ1v) is 6.77. The van der Waals surface area contributed by atoms with Gasteiger partial charge in [-0.2, -0.15) is 0 Å². The first kappa shape index (κ1) is 11.9. The van der Waals surface area contributed by atoms with Crippen molar-refractivity contribution in [2.24, 2.45) is 23.2 Å². The van der Waals surface area contributed by atoms with Crippen molar-refractivity contribution in [3.8, 4) is 0 Å². The first-order valence-electron chi connectivity index (χ1n) is 6.77. The fraction of sp³-hybridized carbons (Fsp3) is 0.929. The van der Waals surface area contributed by atoms with E-state index in [2.05, 4.69) is 13.8 Å². The Hall–Kier alpha value is -0.530. The predicted molar refractivity (Wildman–Crippen MR) is 64.2 cm³/mol. The lowest BCUT2D eigenvalue weighted by Gasteiger charge is -2.32. The van der Waals surface area contributed by atoms with Crippen LogP contribution in [0.15, 0.2) is 0 Å². The molecule has 0 aliphatic heterocycles. The predicted octanol–water partition coefficient (Wildman–Crippen LogP) is 3.70. The van der Waals surface area contributed by atoms with Crippen molar-refractivity contribution in [1.29, 1.82) is 0 Å². The molecule has 0 unspecified atom stereocenters. The molecule has 0 atom stereocenters. The minimum absolute atomic E-state index is 0.296. The second kappa shape index (κ2) is 4.38. The fourth-order valence-electron chi connectivity index (χ4n) is 3.27. The molecule has 2 fully saturated rings. The van der Waals surface area contributed by atoms with E-state index in [1.54, 1.807) is 0 Å². The van der Waals surface area contributed by atoms with Gasteiger partial charge in [0.05, 0.1) is 5.41 Å². The highest BCUT2D eigenvalue weighted by Crippen LogP contribution is 2.53. The lowest BCUT2D eigenvalue weighted by atomic mass is 9.74. The Balaban J connectivity index is 1.80. The molecule has 0 heterocycles. The van der Waals surface area contributed by atoms with Crippen LogP contribution >= 0.6 is 0 Å². The molecule has 92 valence electrons. The van der Waals surface area contributed by atoms with Gasteiger partial charge in [-0.25, -0.2) is 0 Å². The third kappa shape index (κ3) is 2.41. The summed E-state index contributed by atoms with van der Waals surface area (Å²) in [6.45, 7) is 4.62. The van der Waals surface area contributed by atoms with E-state index in [9.17, 15) is 9.90 Å². The van der Waals surface area contributed by atoms with Crippen molar-refractivity contribution in [3.05, 3.63) is 0 Å². The van der Waals surface area contributed by atoms with Gasteiger partial charge in [-0.15, -0.1) is 0 Å². The van der Waals surface area contributed by atoms with Crippen LogP contribution in [0.4, 0.5) is 0 Å². The van der Waals surface area contributed by atoms with Crippen LogP contribution in [0.2, 0.25) is 0 Å². The Morgan fingerprint density at radius 1 is 1.25 bits per heavy atom. The molecule has 0 amide bonds. The molecule has 0 radical (unpaired) electrons. The van der Waals surface area contributed by atoms with Gasteiger partial charge in [0.15, 0.2) is 0 Å². The molecule has 0 saturated heterocycles. The van der Waals surface area contributed by atoms with Crippen LogP contribution in [-0.4, -0.2) is 11.1 Å². The lowest BCUT2D eigenvalue weighted by Crippen LogP contribution is -2.24. The Morgan fingerprint density at radius 3 is 2.19 bits per heavy atom. The molecular weight excluding hydrogens is 200 g/mol. The van der Waals surface area contributed by atoms with Crippen molar-refractivity contribution in [2.45, 2.75) is 58.8 Å². The van der Waals surface area contributed by atoms with Gasteiger partial charge in [0, 0.05) is 0 Å². The summed E-state index contributed by atoms with van der Waals surface area (Å²) in [7, 11) is 0. The Morgan fingerprint density at radius 2 is 1.81 bits per heavy atom. The third-order valence-electron chi connectivity index (χ3n) is 4.82. The van der Waals surface area contributed by atoms with Gasteiger partial charge < -0.3 is 5.11 Å². The van der Waals surface area contributed by atoms with Gasteiger partial charge in [0.1, 0.15) is 0 Å². The topological polar surface area (TPSA) is 37.3 Å². The molecule has 2 heteroatoms. The summed E-state index contributed by atoms with van der Waals surface area (Å²) in [6.07, 6.45) is 7.96. The summed E-state index contributed by atoms with van der Waals surface area (Å²) < 4.78 is 0. The highest BCUT2D eigenvalue weighted by molar-refractivity contribution is 5.77. The second-order valence-corrected chi connectivity index (χ2v) is 6.31. The van der Waals surface area contributed by atoms with Gasteiger partial charge in [-0.1, -0.05) is 26.7 Å². The molecular formula is C14H24O2. The van der Waals surface area contributed by atoms with E-state index < -0.39 is 5.97 Å². The smallest absolute Gasteiger partial charge is 0.309 e. The highest BCUT2D eigenvalue weighted by Gasteiger charge is 2.51. The summed E-state index contributed by atoms with van der Waals surface area (Å²) in [5.41, 5.74) is -0.296. The van der Waals surface area contributed by atoms with Gasteiger partial charge in [0.25, 0.3) is 0 Å². The highest BCUT2D eigenvalue weighted by atomic mass is 16.4. The molecule has 2 saturated carbocycles. The summed E-state index contributed by atoms with van der Waals surface area (Å²) in [6, 6.07) is 0. The van der Waals surface area contributed by atoms with Gasteiger partial charge in [-0.3, -0.25) is 4.79 Å². The van der Waals surface area contributed by atoms with Crippen molar-refractivity contribution >= 4 is 5.97 Å². The zero-order valence-electron chi connectivity index (χ0n) is 10.5. The van der Waals surface area contributed by atoms with Crippen LogP contribution in [-0.2, 0) is 4.79 Å². The fourth-order valence-corrected chi connectivity index (χ4v) is 3.27. The summed E-state index contributed by atoms with van der Waals surface area (Å²) in [5, 5.41) is 9.17. The van der Waals surface area contributed by atoms with Crippen LogP contribution in [0.1, 0.15) is 58.8 Å². The maximum atomic E-state index is 11.1. The first-order chi connectivity index (χ1) is 7.53. The van der Waals surface area contributed by atoms with Crippen LogP contribution in [0.25, 0.3) is 0 Å². The van der Waals surface area contributed by atoms with E-state index in [-0.39, 0.29) is 5.41 Å². The van der Waals surface area contributed by atoms with Crippen LogP contribution < -0.4 is 0 Å². The van der Waals surface area contributed by atoms with E-state index in [1.807, 2.05) is 0 Å². The quantitative estimate of drug-likeness (QED) is 0.790. The average molecular weight is 224 g/mol. The van der Waals surface area contributed by atoms with E-state index in [1.165, 1.54) is 25.7 Å². The summed E-state index contributed by atoms with van der Waals surface area (Å²) in [5.74, 6) is 1.83. The molecule has 0 spiro atoms. The van der Waals surface area contributed by atoms with Crippen molar-refractivity contribution < 1.29 is 9.90 Å². The number of hydrogen-bond donors (Lipinski definition) is 1. The number of carbonyl (C=O) groups is 1. The maximum absolute atomic E-state index is 11.1. The van der Waals surface area contributed by atoms with E-state index in [0.717, 1.165) is 31.1 Å². The van der Waals surface area contributed by atoms with Crippen molar-refractivity contribution in [3.63, 3.8) is 0 Å². The molecule has 1 N–H and O–H groups in total.